The molecule has 208 valence electrons. The van der Waals surface area contributed by atoms with Crippen LogP contribution in [0.3, 0.4) is 0 Å². The van der Waals surface area contributed by atoms with Crippen LogP contribution in [0.4, 0.5) is 0 Å². The molecule has 0 unspecified atom stereocenters. The Bertz CT molecular complexity index is 870. The van der Waals surface area contributed by atoms with Crippen molar-refractivity contribution in [2.45, 2.75) is 110 Å². The third-order valence-corrected chi connectivity index (χ3v) is 5.46. The first-order chi connectivity index (χ1) is 17.7. The summed E-state index contributed by atoms with van der Waals surface area (Å²) in [6.07, 6.45) is 6.06. The van der Waals surface area contributed by atoms with Crippen molar-refractivity contribution < 1.29 is 38.1 Å². The van der Waals surface area contributed by atoms with Crippen LogP contribution in [0.25, 0.3) is 0 Å². The molecule has 0 bridgehead atoms. The monoisotopic (exact) mass is 521 g/mol. The van der Waals surface area contributed by atoms with Gasteiger partial charge in [0.1, 0.15) is 18.8 Å². The third-order valence-electron chi connectivity index (χ3n) is 5.46. The maximum absolute atomic E-state index is 12.5. The molecule has 0 saturated heterocycles. The molecule has 1 aromatic carbocycles. The molecule has 0 fully saturated rings. The zero-order valence-electron chi connectivity index (χ0n) is 22.7. The van der Waals surface area contributed by atoms with Gasteiger partial charge in [0.2, 0.25) is 0 Å². The van der Waals surface area contributed by atoms with E-state index >= 15 is 0 Å². The normalized spacial score (nSPS) is 12.4. The standard InChI is InChI=1S/C28H43NO8/c1-5-8-11-14-25(30)34-19-20(4)35-28(33)22(29)17-21-15-16-23(36-26(31)12-9-6-2)24(18-21)37-27(32)13-10-7-3/h15-16,18,20,22H,5-14,17,19,29H2,1-4H3/t20-,22-/m0/s1. The van der Waals surface area contributed by atoms with Crippen molar-refractivity contribution in [3.05, 3.63) is 23.8 Å². The van der Waals surface area contributed by atoms with Gasteiger partial charge in [0.05, 0.1) is 0 Å². The van der Waals surface area contributed by atoms with Gasteiger partial charge in [-0.05, 0) is 50.3 Å². The van der Waals surface area contributed by atoms with Crippen molar-refractivity contribution in [1.82, 2.24) is 0 Å². The van der Waals surface area contributed by atoms with Gasteiger partial charge in [-0.3, -0.25) is 19.2 Å². The molecule has 0 aliphatic carbocycles. The molecule has 37 heavy (non-hydrogen) atoms. The van der Waals surface area contributed by atoms with Crippen LogP contribution in [0.5, 0.6) is 11.5 Å². The average molecular weight is 522 g/mol. The Morgan fingerprint density at radius 1 is 0.784 bits per heavy atom. The Kier molecular flexibility index (Phi) is 15.9. The fraction of sp³-hybridized carbons (Fsp3) is 0.643. The lowest BCUT2D eigenvalue weighted by molar-refractivity contribution is -0.159. The Morgan fingerprint density at radius 2 is 1.35 bits per heavy atom. The molecule has 0 aliphatic rings. The summed E-state index contributed by atoms with van der Waals surface area (Å²) in [5.74, 6) is -1.58. The smallest absolute Gasteiger partial charge is 0.323 e. The number of hydrogen-bond donors (Lipinski definition) is 1. The van der Waals surface area contributed by atoms with Crippen molar-refractivity contribution in [1.29, 1.82) is 0 Å². The van der Waals surface area contributed by atoms with Gasteiger partial charge >= 0.3 is 23.9 Å². The zero-order valence-corrected chi connectivity index (χ0v) is 22.7. The van der Waals surface area contributed by atoms with Crippen LogP contribution in [0, 0.1) is 0 Å². The Morgan fingerprint density at radius 3 is 1.95 bits per heavy atom. The maximum Gasteiger partial charge on any atom is 0.323 e. The second-order valence-electron chi connectivity index (χ2n) is 9.13. The molecule has 0 saturated carbocycles. The van der Waals surface area contributed by atoms with E-state index in [1.54, 1.807) is 19.1 Å². The second kappa shape index (κ2) is 18.3. The maximum atomic E-state index is 12.5. The minimum Gasteiger partial charge on any atom is -0.462 e. The lowest BCUT2D eigenvalue weighted by Crippen LogP contribution is -2.37. The molecule has 0 radical (unpaired) electrons. The summed E-state index contributed by atoms with van der Waals surface area (Å²) in [7, 11) is 0. The van der Waals surface area contributed by atoms with Gasteiger partial charge in [-0.15, -0.1) is 0 Å². The minimum atomic E-state index is -0.996. The van der Waals surface area contributed by atoms with Gasteiger partial charge in [0.25, 0.3) is 0 Å². The summed E-state index contributed by atoms with van der Waals surface area (Å²) in [4.78, 5) is 48.6. The second-order valence-corrected chi connectivity index (χ2v) is 9.13. The van der Waals surface area contributed by atoms with Gasteiger partial charge in [-0.1, -0.05) is 52.5 Å². The Balaban J connectivity index is 2.76. The molecular weight excluding hydrogens is 478 g/mol. The first kappa shape index (κ1) is 32.1. The van der Waals surface area contributed by atoms with Gasteiger partial charge in [0, 0.05) is 19.3 Å². The number of carbonyl (C=O) groups is 4. The van der Waals surface area contributed by atoms with Crippen molar-refractivity contribution in [3.8, 4) is 11.5 Å². The fourth-order valence-electron chi connectivity index (χ4n) is 3.29. The predicted molar refractivity (Wildman–Crippen MR) is 139 cm³/mol. The van der Waals surface area contributed by atoms with Gasteiger partial charge < -0.3 is 24.7 Å². The third kappa shape index (κ3) is 13.8. The fourth-order valence-corrected chi connectivity index (χ4v) is 3.29. The van der Waals surface area contributed by atoms with E-state index in [2.05, 4.69) is 6.92 Å². The highest BCUT2D eigenvalue weighted by molar-refractivity contribution is 5.77. The van der Waals surface area contributed by atoms with Crippen molar-refractivity contribution >= 4 is 23.9 Å². The molecule has 1 rings (SSSR count). The van der Waals surface area contributed by atoms with E-state index in [4.69, 9.17) is 24.7 Å². The van der Waals surface area contributed by atoms with E-state index in [9.17, 15) is 19.2 Å². The first-order valence-electron chi connectivity index (χ1n) is 13.4. The van der Waals surface area contributed by atoms with Crippen LogP contribution in [0.2, 0.25) is 0 Å². The van der Waals surface area contributed by atoms with Crippen molar-refractivity contribution in [2.75, 3.05) is 6.61 Å². The summed E-state index contributed by atoms with van der Waals surface area (Å²) in [5.41, 5.74) is 6.65. The molecule has 0 aromatic heterocycles. The van der Waals surface area contributed by atoms with Crippen LogP contribution < -0.4 is 15.2 Å². The van der Waals surface area contributed by atoms with Gasteiger partial charge in [0.15, 0.2) is 11.5 Å². The van der Waals surface area contributed by atoms with Crippen LogP contribution >= 0.6 is 0 Å². The molecule has 9 nitrogen and oxygen atoms in total. The number of benzene rings is 1. The topological polar surface area (TPSA) is 131 Å². The van der Waals surface area contributed by atoms with Crippen LogP contribution in [0.1, 0.15) is 97.5 Å². The van der Waals surface area contributed by atoms with E-state index in [0.29, 0.717) is 24.8 Å². The summed E-state index contributed by atoms with van der Waals surface area (Å²) >= 11 is 0. The number of hydrogen-bond acceptors (Lipinski definition) is 9. The lowest BCUT2D eigenvalue weighted by Gasteiger charge is -2.18. The molecule has 1 aromatic rings. The van der Waals surface area contributed by atoms with Crippen LogP contribution in [0.15, 0.2) is 18.2 Å². The van der Waals surface area contributed by atoms with Crippen LogP contribution in [-0.2, 0) is 35.1 Å². The van der Waals surface area contributed by atoms with E-state index < -0.39 is 30.1 Å². The number of rotatable bonds is 18. The molecule has 2 N–H and O–H groups in total. The van der Waals surface area contributed by atoms with E-state index in [-0.39, 0.29) is 43.3 Å². The number of esters is 4. The predicted octanol–water partition coefficient (Wildman–Crippen LogP) is 4.80. The van der Waals surface area contributed by atoms with E-state index in [0.717, 1.165) is 32.1 Å². The largest absolute Gasteiger partial charge is 0.462 e. The molecule has 0 aliphatic heterocycles. The summed E-state index contributed by atoms with van der Waals surface area (Å²) in [5, 5.41) is 0. The van der Waals surface area contributed by atoms with E-state index in [1.165, 1.54) is 6.07 Å². The van der Waals surface area contributed by atoms with Crippen molar-refractivity contribution in [3.63, 3.8) is 0 Å². The average Bonchev–Trinajstić information content (AvgIpc) is 2.86. The summed E-state index contributed by atoms with van der Waals surface area (Å²) in [6, 6.07) is 3.73. The number of nitrogens with two attached hydrogens (primary N) is 1. The number of ether oxygens (including phenoxy) is 4. The highest BCUT2D eigenvalue weighted by atomic mass is 16.6. The van der Waals surface area contributed by atoms with E-state index in [1.807, 2.05) is 13.8 Å². The molecule has 2 atom stereocenters. The van der Waals surface area contributed by atoms with Crippen molar-refractivity contribution in [2.24, 2.45) is 5.73 Å². The number of carbonyl (C=O) groups excluding carboxylic acids is 4. The first-order valence-corrected chi connectivity index (χ1v) is 13.4. The Hall–Kier alpha value is -2.94. The molecular formula is C28H43NO8. The molecule has 9 heteroatoms. The molecule has 0 spiro atoms. The lowest BCUT2D eigenvalue weighted by atomic mass is 10.1. The molecule has 0 amide bonds. The number of unbranched alkanes of at least 4 members (excludes halogenated alkanes) is 4. The van der Waals surface area contributed by atoms with Crippen LogP contribution in [-0.4, -0.2) is 42.6 Å². The highest BCUT2D eigenvalue weighted by Crippen LogP contribution is 2.30. The minimum absolute atomic E-state index is 0.0423. The SMILES string of the molecule is CCCCCC(=O)OC[C@H](C)OC(=O)[C@@H](N)Cc1ccc(OC(=O)CCCC)c(OC(=O)CCCC)c1. The highest BCUT2D eigenvalue weighted by Gasteiger charge is 2.21. The Labute approximate surface area is 220 Å². The summed E-state index contributed by atoms with van der Waals surface area (Å²) in [6.45, 7) is 7.57. The van der Waals surface area contributed by atoms with Gasteiger partial charge in [-0.2, -0.15) is 0 Å². The van der Waals surface area contributed by atoms with Gasteiger partial charge in [-0.25, -0.2) is 0 Å². The summed E-state index contributed by atoms with van der Waals surface area (Å²) < 4.78 is 21.3. The molecule has 0 heterocycles. The zero-order chi connectivity index (χ0) is 27.6. The quantitative estimate of drug-likeness (QED) is 0.164.